The standard InChI is InChI=1S/C13H15F2NO2.C10H13N/c1-18-13-6-12(15)11(14)5-9(13)7-16-4-2-3-10(16)8-17;1-11-10-6-4-9(5-7-10)8-2-3-8/h5-6,8,10H,2-4,7H2,1H3;4-8,11H,2-3H2,1H3. The molecule has 1 aliphatic carbocycles. The third-order valence-corrected chi connectivity index (χ3v) is 5.52. The van der Waals surface area contributed by atoms with E-state index < -0.39 is 11.6 Å². The molecule has 1 atom stereocenters. The van der Waals surface area contributed by atoms with E-state index >= 15 is 0 Å². The number of aldehydes is 1. The number of nitrogens with zero attached hydrogens (tertiary/aromatic N) is 1. The Bertz CT molecular complexity index is 822. The molecule has 29 heavy (non-hydrogen) atoms. The van der Waals surface area contributed by atoms with Crippen LogP contribution in [0.3, 0.4) is 0 Å². The fraction of sp³-hybridized carbons (Fsp3) is 0.435. The van der Waals surface area contributed by atoms with Gasteiger partial charge in [0.1, 0.15) is 12.0 Å². The molecule has 1 saturated heterocycles. The van der Waals surface area contributed by atoms with Gasteiger partial charge in [-0.25, -0.2) is 8.78 Å². The van der Waals surface area contributed by atoms with Gasteiger partial charge in [0.05, 0.1) is 13.2 Å². The van der Waals surface area contributed by atoms with Crippen molar-refractivity contribution in [2.75, 3.05) is 26.0 Å². The van der Waals surface area contributed by atoms with Crippen molar-refractivity contribution in [2.45, 2.75) is 44.2 Å². The number of anilines is 1. The number of nitrogens with one attached hydrogen (secondary N) is 1. The number of hydrogen-bond acceptors (Lipinski definition) is 4. The highest BCUT2D eigenvalue weighted by molar-refractivity contribution is 5.58. The number of ether oxygens (including phenoxy) is 1. The van der Waals surface area contributed by atoms with Gasteiger partial charge in [-0.1, -0.05) is 12.1 Å². The molecule has 1 saturated carbocycles. The van der Waals surface area contributed by atoms with Crippen LogP contribution in [0, 0.1) is 11.6 Å². The molecule has 2 aromatic rings. The largest absolute Gasteiger partial charge is 0.496 e. The molecule has 1 aliphatic heterocycles. The zero-order chi connectivity index (χ0) is 20.8. The molecule has 156 valence electrons. The number of carbonyl (C=O) groups excluding carboxylic acids is 1. The maximum atomic E-state index is 13.2. The minimum Gasteiger partial charge on any atom is -0.496 e. The Balaban J connectivity index is 0.000000186. The highest BCUT2D eigenvalue weighted by Gasteiger charge is 2.25. The minimum absolute atomic E-state index is 0.136. The lowest BCUT2D eigenvalue weighted by molar-refractivity contribution is -0.111. The van der Waals surface area contributed by atoms with Crippen LogP contribution >= 0.6 is 0 Å². The van der Waals surface area contributed by atoms with Crippen LogP contribution in [0.4, 0.5) is 14.5 Å². The molecule has 0 radical (unpaired) electrons. The van der Waals surface area contributed by atoms with Crippen LogP contribution in [0.25, 0.3) is 0 Å². The van der Waals surface area contributed by atoms with E-state index in [0.717, 1.165) is 43.7 Å². The van der Waals surface area contributed by atoms with E-state index in [1.807, 2.05) is 11.9 Å². The summed E-state index contributed by atoms with van der Waals surface area (Å²) in [7, 11) is 3.36. The van der Waals surface area contributed by atoms with Gasteiger partial charge in [-0.2, -0.15) is 0 Å². The summed E-state index contributed by atoms with van der Waals surface area (Å²) in [5.74, 6) is -0.636. The van der Waals surface area contributed by atoms with E-state index in [4.69, 9.17) is 4.74 Å². The summed E-state index contributed by atoms with van der Waals surface area (Å²) in [6, 6.07) is 10.8. The topological polar surface area (TPSA) is 41.6 Å². The van der Waals surface area contributed by atoms with Crippen LogP contribution < -0.4 is 10.1 Å². The van der Waals surface area contributed by atoms with Crippen molar-refractivity contribution in [1.29, 1.82) is 0 Å². The Morgan fingerprint density at radius 1 is 1.14 bits per heavy atom. The smallest absolute Gasteiger partial charge is 0.162 e. The molecule has 4 rings (SSSR count). The fourth-order valence-corrected chi connectivity index (χ4v) is 3.64. The number of benzene rings is 2. The van der Waals surface area contributed by atoms with Crippen LogP contribution in [-0.4, -0.2) is 37.9 Å². The van der Waals surface area contributed by atoms with Crippen molar-refractivity contribution in [3.05, 3.63) is 59.2 Å². The molecule has 0 amide bonds. The first-order valence-electron chi connectivity index (χ1n) is 10.0. The average molecular weight is 402 g/mol. The molecule has 0 aromatic heterocycles. The number of hydrogen-bond donors (Lipinski definition) is 1. The Hall–Kier alpha value is -2.47. The maximum Gasteiger partial charge on any atom is 0.162 e. The number of halogens is 2. The molecule has 1 heterocycles. The minimum atomic E-state index is -0.927. The summed E-state index contributed by atoms with van der Waals surface area (Å²) in [6.45, 7) is 1.18. The van der Waals surface area contributed by atoms with E-state index in [-0.39, 0.29) is 6.04 Å². The normalized spacial score (nSPS) is 18.7. The van der Waals surface area contributed by atoms with E-state index in [2.05, 4.69) is 29.6 Å². The first-order valence-corrected chi connectivity index (χ1v) is 10.0. The highest BCUT2D eigenvalue weighted by atomic mass is 19.2. The first-order chi connectivity index (χ1) is 14.0. The Labute approximate surface area is 170 Å². The second-order valence-corrected chi connectivity index (χ2v) is 7.54. The summed E-state index contributed by atoms with van der Waals surface area (Å²) in [4.78, 5) is 12.8. The second kappa shape index (κ2) is 9.83. The highest BCUT2D eigenvalue weighted by Crippen LogP contribution is 2.40. The molecule has 1 unspecified atom stereocenters. The number of methoxy groups -OCH3 is 1. The zero-order valence-corrected chi connectivity index (χ0v) is 17.0. The summed E-state index contributed by atoms with van der Waals surface area (Å²) in [5, 5.41) is 3.11. The summed E-state index contributed by atoms with van der Waals surface area (Å²) in [6.07, 6.45) is 5.43. The molecule has 2 aromatic carbocycles. The number of carbonyl (C=O) groups is 1. The first kappa shape index (κ1) is 21.2. The predicted octanol–water partition coefficient (Wildman–Crippen LogP) is 4.74. The third kappa shape index (κ3) is 5.54. The van der Waals surface area contributed by atoms with Crippen LogP contribution in [0.15, 0.2) is 36.4 Å². The van der Waals surface area contributed by atoms with Crippen molar-refractivity contribution >= 4 is 12.0 Å². The Morgan fingerprint density at radius 2 is 1.83 bits per heavy atom. The third-order valence-electron chi connectivity index (χ3n) is 5.52. The van der Waals surface area contributed by atoms with E-state index in [1.165, 1.54) is 31.2 Å². The van der Waals surface area contributed by atoms with Crippen molar-refractivity contribution in [2.24, 2.45) is 0 Å². The van der Waals surface area contributed by atoms with E-state index in [9.17, 15) is 13.6 Å². The van der Waals surface area contributed by atoms with Gasteiger partial charge in [-0.05, 0) is 61.9 Å². The monoisotopic (exact) mass is 402 g/mol. The lowest BCUT2D eigenvalue weighted by Gasteiger charge is -2.21. The molecule has 6 heteroatoms. The van der Waals surface area contributed by atoms with Crippen molar-refractivity contribution in [3.63, 3.8) is 0 Å². The molecule has 2 fully saturated rings. The Morgan fingerprint density at radius 3 is 2.41 bits per heavy atom. The van der Waals surface area contributed by atoms with Crippen molar-refractivity contribution in [3.8, 4) is 5.75 Å². The van der Waals surface area contributed by atoms with Gasteiger partial charge in [-0.15, -0.1) is 0 Å². The summed E-state index contributed by atoms with van der Waals surface area (Å²) < 4.78 is 31.3. The SMILES string of the molecule is CNc1ccc(C2CC2)cc1.COc1cc(F)c(F)cc1CN1CCCC1C=O. The van der Waals surface area contributed by atoms with Gasteiger partial charge >= 0.3 is 0 Å². The molecular weight excluding hydrogens is 374 g/mol. The van der Waals surface area contributed by atoms with Crippen molar-refractivity contribution < 1.29 is 18.3 Å². The summed E-state index contributed by atoms with van der Waals surface area (Å²) >= 11 is 0. The molecule has 4 nitrogen and oxygen atoms in total. The molecule has 0 bridgehead atoms. The zero-order valence-electron chi connectivity index (χ0n) is 17.0. The van der Waals surface area contributed by atoms with Gasteiger partial charge in [-0.3, -0.25) is 4.90 Å². The van der Waals surface area contributed by atoms with Gasteiger partial charge in [0.15, 0.2) is 11.6 Å². The van der Waals surface area contributed by atoms with Crippen LogP contribution in [0.1, 0.15) is 42.7 Å². The van der Waals surface area contributed by atoms with Crippen molar-refractivity contribution in [1.82, 2.24) is 4.90 Å². The van der Waals surface area contributed by atoms with Gasteiger partial charge < -0.3 is 14.8 Å². The fourth-order valence-electron chi connectivity index (χ4n) is 3.64. The maximum absolute atomic E-state index is 13.2. The summed E-state index contributed by atoms with van der Waals surface area (Å²) in [5.41, 5.74) is 3.27. The average Bonchev–Trinajstić information content (AvgIpc) is 3.50. The Kier molecular flexibility index (Phi) is 7.20. The van der Waals surface area contributed by atoms with Gasteiger partial charge in [0.25, 0.3) is 0 Å². The lowest BCUT2D eigenvalue weighted by atomic mass is 10.1. The van der Waals surface area contributed by atoms with Crippen LogP contribution in [0.2, 0.25) is 0 Å². The number of likely N-dealkylation sites (tertiary alicyclic amines) is 1. The van der Waals surface area contributed by atoms with E-state index in [1.54, 1.807) is 0 Å². The second-order valence-electron chi connectivity index (χ2n) is 7.54. The van der Waals surface area contributed by atoms with E-state index in [0.29, 0.717) is 17.9 Å². The van der Waals surface area contributed by atoms with Gasteiger partial charge in [0, 0.05) is 30.9 Å². The number of rotatable bonds is 6. The van der Waals surface area contributed by atoms with Crippen LogP contribution in [-0.2, 0) is 11.3 Å². The van der Waals surface area contributed by atoms with Gasteiger partial charge in [0.2, 0.25) is 0 Å². The quantitative estimate of drug-likeness (QED) is 0.709. The molecule has 1 N–H and O–H groups in total. The predicted molar refractivity (Wildman–Crippen MR) is 110 cm³/mol. The molecule has 2 aliphatic rings. The lowest BCUT2D eigenvalue weighted by Crippen LogP contribution is -2.30. The molecule has 0 spiro atoms. The molecular formula is C23H28F2N2O2. The van der Waals surface area contributed by atoms with Crippen LogP contribution in [0.5, 0.6) is 5.75 Å².